The van der Waals surface area contributed by atoms with Crippen molar-refractivity contribution in [3.8, 4) is 0 Å². The predicted octanol–water partition coefficient (Wildman–Crippen LogP) is 3.29. The van der Waals surface area contributed by atoms with Gasteiger partial charge in [-0.1, -0.05) is 33.1 Å². The first-order valence-electron chi connectivity index (χ1n) is 8.61. The second kappa shape index (κ2) is 9.42. The molecule has 124 valence electrons. The molecule has 1 fully saturated rings. The molecule has 0 aliphatic heterocycles. The summed E-state index contributed by atoms with van der Waals surface area (Å²) in [6.45, 7) is 9.78. The Bertz CT molecular complexity index is 308. The Balaban J connectivity index is 2.47. The highest BCUT2D eigenvalue weighted by atomic mass is 16.5. The van der Waals surface area contributed by atoms with Gasteiger partial charge in [-0.2, -0.15) is 0 Å². The van der Waals surface area contributed by atoms with Crippen LogP contribution in [0.5, 0.6) is 0 Å². The first-order valence-corrected chi connectivity index (χ1v) is 8.61. The highest BCUT2D eigenvalue weighted by molar-refractivity contribution is 5.80. The Morgan fingerprint density at radius 2 is 1.95 bits per heavy atom. The minimum atomic E-state index is -0.638. The summed E-state index contributed by atoms with van der Waals surface area (Å²) in [5.74, 6) is 0.512. The Morgan fingerprint density at radius 3 is 2.57 bits per heavy atom. The molecule has 3 unspecified atom stereocenters. The number of likely N-dealkylation sites (N-methyl/N-ethyl adjacent to an activating group) is 1. The molecular formula is C17H33NO3. The van der Waals surface area contributed by atoms with Crippen molar-refractivity contribution < 1.29 is 14.3 Å². The van der Waals surface area contributed by atoms with Crippen LogP contribution in [0.1, 0.15) is 66.2 Å². The minimum Gasteiger partial charge on any atom is -0.465 e. The van der Waals surface area contributed by atoms with Gasteiger partial charge in [-0.3, -0.25) is 4.79 Å². The molecule has 0 aromatic rings. The summed E-state index contributed by atoms with van der Waals surface area (Å²) in [7, 11) is 0. The van der Waals surface area contributed by atoms with Crippen molar-refractivity contribution in [1.82, 2.24) is 5.32 Å². The Morgan fingerprint density at radius 1 is 1.24 bits per heavy atom. The predicted molar refractivity (Wildman–Crippen MR) is 85.3 cm³/mol. The third kappa shape index (κ3) is 5.59. The van der Waals surface area contributed by atoms with E-state index in [-0.39, 0.29) is 5.97 Å². The molecule has 0 aromatic carbocycles. The highest BCUT2D eigenvalue weighted by Gasteiger charge is 2.34. The van der Waals surface area contributed by atoms with Crippen LogP contribution in [-0.2, 0) is 14.3 Å². The maximum Gasteiger partial charge on any atom is 0.326 e. The van der Waals surface area contributed by atoms with Crippen molar-refractivity contribution in [2.24, 2.45) is 5.92 Å². The van der Waals surface area contributed by atoms with Crippen LogP contribution in [0.25, 0.3) is 0 Å². The Hall–Kier alpha value is -0.610. The molecule has 0 aromatic heterocycles. The molecule has 4 heteroatoms. The lowest BCUT2D eigenvalue weighted by molar-refractivity contribution is -0.151. The van der Waals surface area contributed by atoms with E-state index in [4.69, 9.17) is 9.47 Å². The third-order valence-corrected chi connectivity index (χ3v) is 4.59. The summed E-state index contributed by atoms with van der Waals surface area (Å²) in [6, 6.07) is 0. The average Bonchev–Trinajstić information content (AvgIpc) is 2.48. The van der Waals surface area contributed by atoms with Gasteiger partial charge in [0, 0.05) is 6.61 Å². The SMILES string of the molecule is CCNC(C)(CCOC1CCCCC1CC)C(=O)OCC. The quantitative estimate of drug-likeness (QED) is 0.664. The summed E-state index contributed by atoms with van der Waals surface area (Å²) in [6.07, 6.45) is 7.26. The fourth-order valence-corrected chi connectivity index (χ4v) is 3.22. The third-order valence-electron chi connectivity index (χ3n) is 4.59. The van der Waals surface area contributed by atoms with Gasteiger partial charge in [0.1, 0.15) is 5.54 Å². The molecule has 0 bridgehead atoms. The second-order valence-electron chi connectivity index (χ2n) is 6.19. The lowest BCUT2D eigenvalue weighted by Gasteiger charge is -2.33. The van der Waals surface area contributed by atoms with Crippen LogP contribution in [0.3, 0.4) is 0 Å². The van der Waals surface area contributed by atoms with Crippen molar-refractivity contribution in [3.05, 3.63) is 0 Å². The number of esters is 1. The normalized spacial score (nSPS) is 25.3. The number of rotatable bonds is 9. The topological polar surface area (TPSA) is 47.6 Å². The van der Waals surface area contributed by atoms with Gasteiger partial charge in [-0.15, -0.1) is 0 Å². The Kier molecular flexibility index (Phi) is 8.27. The van der Waals surface area contributed by atoms with Crippen LogP contribution in [0, 0.1) is 5.92 Å². The maximum absolute atomic E-state index is 12.1. The number of carbonyl (C=O) groups is 1. The summed E-state index contributed by atoms with van der Waals surface area (Å²) < 4.78 is 11.3. The van der Waals surface area contributed by atoms with E-state index in [0.717, 1.165) is 13.0 Å². The molecular weight excluding hydrogens is 266 g/mol. The molecule has 1 rings (SSSR count). The van der Waals surface area contributed by atoms with Crippen LogP contribution in [-0.4, -0.2) is 37.4 Å². The zero-order valence-electron chi connectivity index (χ0n) is 14.2. The van der Waals surface area contributed by atoms with E-state index < -0.39 is 5.54 Å². The summed E-state index contributed by atoms with van der Waals surface area (Å²) in [5, 5.41) is 3.25. The minimum absolute atomic E-state index is 0.175. The van der Waals surface area contributed by atoms with Gasteiger partial charge in [-0.25, -0.2) is 0 Å². The van der Waals surface area contributed by atoms with Crippen molar-refractivity contribution in [2.45, 2.75) is 77.9 Å². The van der Waals surface area contributed by atoms with Gasteiger partial charge >= 0.3 is 5.97 Å². The van der Waals surface area contributed by atoms with Gasteiger partial charge in [0.25, 0.3) is 0 Å². The molecule has 1 aliphatic rings. The summed E-state index contributed by atoms with van der Waals surface area (Å²) in [5.41, 5.74) is -0.638. The van der Waals surface area contributed by atoms with Crippen molar-refractivity contribution in [2.75, 3.05) is 19.8 Å². The zero-order valence-corrected chi connectivity index (χ0v) is 14.2. The molecule has 0 spiro atoms. The zero-order chi connectivity index (χ0) is 15.7. The van der Waals surface area contributed by atoms with E-state index >= 15 is 0 Å². The molecule has 21 heavy (non-hydrogen) atoms. The van der Waals surface area contributed by atoms with E-state index in [0.29, 0.717) is 31.7 Å². The van der Waals surface area contributed by atoms with Gasteiger partial charge in [0.15, 0.2) is 0 Å². The molecule has 0 amide bonds. The molecule has 1 saturated carbocycles. The average molecular weight is 299 g/mol. The van der Waals surface area contributed by atoms with Gasteiger partial charge in [0.2, 0.25) is 0 Å². The molecule has 0 heterocycles. The largest absolute Gasteiger partial charge is 0.465 e. The molecule has 1 aliphatic carbocycles. The van der Waals surface area contributed by atoms with E-state index in [1.807, 2.05) is 20.8 Å². The van der Waals surface area contributed by atoms with Crippen LogP contribution in [0.4, 0.5) is 0 Å². The van der Waals surface area contributed by atoms with Gasteiger partial charge in [0.05, 0.1) is 12.7 Å². The smallest absolute Gasteiger partial charge is 0.326 e. The molecule has 0 radical (unpaired) electrons. The highest BCUT2D eigenvalue weighted by Crippen LogP contribution is 2.29. The number of nitrogens with one attached hydrogen (secondary N) is 1. The van der Waals surface area contributed by atoms with Crippen LogP contribution >= 0.6 is 0 Å². The molecule has 3 atom stereocenters. The molecule has 4 nitrogen and oxygen atoms in total. The monoisotopic (exact) mass is 299 g/mol. The standard InChI is InChI=1S/C17H33NO3/c1-5-14-10-8-9-11-15(14)21-13-12-17(4,18-6-2)16(19)20-7-3/h14-15,18H,5-13H2,1-4H3. The second-order valence-corrected chi connectivity index (χ2v) is 6.19. The lowest BCUT2D eigenvalue weighted by Crippen LogP contribution is -2.51. The summed E-state index contributed by atoms with van der Waals surface area (Å²) in [4.78, 5) is 12.1. The van der Waals surface area contributed by atoms with Gasteiger partial charge in [-0.05, 0) is 45.6 Å². The van der Waals surface area contributed by atoms with E-state index in [9.17, 15) is 4.79 Å². The lowest BCUT2D eigenvalue weighted by atomic mass is 9.84. The Labute approximate surface area is 130 Å². The van der Waals surface area contributed by atoms with Crippen molar-refractivity contribution in [1.29, 1.82) is 0 Å². The fourth-order valence-electron chi connectivity index (χ4n) is 3.22. The van der Waals surface area contributed by atoms with Crippen LogP contribution in [0.2, 0.25) is 0 Å². The van der Waals surface area contributed by atoms with Crippen molar-refractivity contribution >= 4 is 5.97 Å². The number of ether oxygens (including phenoxy) is 2. The number of hydrogen-bond acceptors (Lipinski definition) is 4. The molecule has 1 N–H and O–H groups in total. The summed E-state index contributed by atoms with van der Waals surface area (Å²) >= 11 is 0. The maximum atomic E-state index is 12.1. The van der Waals surface area contributed by atoms with Crippen molar-refractivity contribution in [3.63, 3.8) is 0 Å². The van der Waals surface area contributed by atoms with E-state index in [1.54, 1.807) is 0 Å². The molecule has 0 saturated heterocycles. The van der Waals surface area contributed by atoms with Gasteiger partial charge < -0.3 is 14.8 Å². The number of carbonyl (C=O) groups excluding carboxylic acids is 1. The van der Waals surface area contributed by atoms with Crippen LogP contribution < -0.4 is 5.32 Å². The van der Waals surface area contributed by atoms with E-state index in [1.165, 1.54) is 25.7 Å². The van der Waals surface area contributed by atoms with E-state index in [2.05, 4.69) is 12.2 Å². The number of hydrogen-bond donors (Lipinski definition) is 1. The van der Waals surface area contributed by atoms with Crippen LogP contribution in [0.15, 0.2) is 0 Å². The first-order chi connectivity index (χ1) is 10.1. The first kappa shape index (κ1) is 18.4. The fraction of sp³-hybridized carbons (Fsp3) is 0.941.